The Morgan fingerprint density at radius 1 is 1.13 bits per heavy atom. The van der Waals surface area contributed by atoms with Gasteiger partial charge in [0, 0.05) is 0 Å². The van der Waals surface area contributed by atoms with E-state index in [0.717, 1.165) is 28.3 Å². The van der Waals surface area contributed by atoms with E-state index in [1.54, 1.807) is 13.0 Å². The average Bonchev–Trinajstić information content (AvgIpc) is 3.16. The summed E-state index contributed by atoms with van der Waals surface area (Å²) in [4.78, 5) is 15.9. The Bertz CT molecular complexity index is 1230. The zero-order valence-corrected chi connectivity index (χ0v) is 17.0. The number of aromatic nitrogens is 3. The van der Waals surface area contributed by atoms with Crippen LogP contribution in [-0.4, -0.2) is 26.3 Å². The molecule has 0 aliphatic carbocycles. The van der Waals surface area contributed by atoms with Gasteiger partial charge in [-0.25, -0.2) is 9.78 Å². The van der Waals surface area contributed by atoms with Crippen LogP contribution in [0, 0.1) is 6.92 Å². The van der Waals surface area contributed by atoms with E-state index in [2.05, 4.69) is 33.4 Å². The van der Waals surface area contributed by atoms with Gasteiger partial charge in [-0.3, -0.25) is 5.10 Å². The van der Waals surface area contributed by atoms with E-state index in [9.17, 15) is 9.90 Å². The lowest BCUT2D eigenvalue weighted by molar-refractivity contribution is -0.131. The van der Waals surface area contributed by atoms with Crippen molar-refractivity contribution < 1.29 is 14.6 Å². The third kappa shape index (κ3) is 4.69. The third-order valence-electron chi connectivity index (χ3n) is 4.42. The van der Waals surface area contributed by atoms with Crippen molar-refractivity contribution in [2.75, 3.05) is 0 Å². The molecule has 0 aliphatic rings. The number of ether oxygens (including phenoxy) is 1. The highest BCUT2D eigenvalue weighted by Crippen LogP contribution is 2.27. The van der Waals surface area contributed by atoms with Gasteiger partial charge in [0.15, 0.2) is 0 Å². The molecular formula is C23H19N3O3S. The molecule has 7 heteroatoms. The molecule has 0 aliphatic heterocycles. The molecule has 0 saturated heterocycles. The van der Waals surface area contributed by atoms with Crippen molar-refractivity contribution >= 4 is 34.6 Å². The minimum Gasteiger partial charge on any atom is -0.489 e. The Labute approximate surface area is 177 Å². The summed E-state index contributed by atoms with van der Waals surface area (Å²) in [5.41, 5.74) is 1.82. The second kappa shape index (κ2) is 8.84. The normalized spacial score (nSPS) is 11.6. The summed E-state index contributed by atoms with van der Waals surface area (Å²) in [5.74, 6) is 0.260. The maximum atomic E-state index is 11.6. The maximum absolute atomic E-state index is 11.6. The van der Waals surface area contributed by atoms with Crippen molar-refractivity contribution in [2.24, 2.45) is 0 Å². The van der Waals surface area contributed by atoms with Crippen molar-refractivity contribution in [3.05, 3.63) is 88.6 Å². The van der Waals surface area contributed by atoms with Crippen LogP contribution >= 0.6 is 11.8 Å². The van der Waals surface area contributed by atoms with Gasteiger partial charge in [-0.15, -0.1) is 5.10 Å². The van der Waals surface area contributed by atoms with Crippen LogP contribution in [0.4, 0.5) is 0 Å². The highest BCUT2D eigenvalue weighted by molar-refractivity contribution is 8.04. The van der Waals surface area contributed by atoms with Crippen molar-refractivity contribution in [2.45, 2.75) is 18.7 Å². The number of hydrogen-bond acceptors (Lipinski definition) is 5. The molecule has 0 unspecified atom stereocenters. The number of aryl methyl sites for hydroxylation is 1. The molecule has 0 amide bonds. The molecule has 0 radical (unpaired) electrons. The fourth-order valence-electron chi connectivity index (χ4n) is 3.03. The van der Waals surface area contributed by atoms with E-state index in [4.69, 9.17) is 4.74 Å². The molecule has 30 heavy (non-hydrogen) atoms. The molecule has 6 nitrogen and oxygen atoms in total. The fourth-order valence-corrected chi connectivity index (χ4v) is 3.78. The SMILES string of the molecule is Cc1nc(S/C(=C\c2cccc(OCc3cccc4ccccc34)c2)C(=O)O)n[nH]1. The van der Waals surface area contributed by atoms with Crippen LogP contribution in [0.2, 0.25) is 0 Å². The molecular weight excluding hydrogens is 398 g/mol. The first-order chi connectivity index (χ1) is 14.6. The summed E-state index contributed by atoms with van der Waals surface area (Å²) in [6.07, 6.45) is 1.59. The smallest absolute Gasteiger partial charge is 0.342 e. The van der Waals surface area contributed by atoms with Gasteiger partial charge in [0.2, 0.25) is 5.16 Å². The molecule has 4 aromatic rings. The maximum Gasteiger partial charge on any atom is 0.342 e. The third-order valence-corrected chi connectivity index (χ3v) is 5.30. The number of aliphatic carboxylic acids is 1. The molecule has 0 fully saturated rings. The Morgan fingerprint density at radius 2 is 1.93 bits per heavy atom. The topological polar surface area (TPSA) is 88.1 Å². The molecule has 0 saturated carbocycles. The lowest BCUT2D eigenvalue weighted by atomic mass is 10.1. The first-order valence-corrected chi connectivity index (χ1v) is 10.1. The Kier molecular flexibility index (Phi) is 5.81. The molecule has 0 bridgehead atoms. The number of aromatic amines is 1. The van der Waals surface area contributed by atoms with E-state index < -0.39 is 5.97 Å². The molecule has 4 rings (SSSR count). The van der Waals surface area contributed by atoms with Gasteiger partial charge < -0.3 is 9.84 Å². The Morgan fingerprint density at radius 3 is 2.73 bits per heavy atom. The van der Waals surface area contributed by atoms with Gasteiger partial charge >= 0.3 is 5.97 Å². The summed E-state index contributed by atoms with van der Waals surface area (Å²) in [6.45, 7) is 2.18. The van der Waals surface area contributed by atoms with Crippen molar-refractivity contribution in [3.63, 3.8) is 0 Å². The molecule has 0 spiro atoms. The Balaban J connectivity index is 1.52. The highest BCUT2D eigenvalue weighted by Gasteiger charge is 2.13. The first-order valence-electron chi connectivity index (χ1n) is 9.30. The predicted octanol–water partition coefficient (Wildman–Crippen LogP) is 5.06. The molecule has 3 aromatic carbocycles. The predicted molar refractivity (Wildman–Crippen MR) is 117 cm³/mol. The lowest BCUT2D eigenvalue weighted by Gasteiger charge is -2.10. The number of hydrogen-bond donors (Lipinski definition) is 2. The van der Waals surface area contributed by atoms with Gasteiger partial charge in [0.05, 0.1) is 0 Å². The molecule has 150 valence electrons. The van der Waals surface area contributed by atoms with Gasteiger partial charge in [-0.2, -0.15) is 0 Å². The zero-order valence-electron chi connectivity index (χ0n) is 16.2. The summed E-state index contributed by atoms with van der Waals surface area (Å²) < 4.78 is 5.99. The lowest BCUT2D eigenvalue weighted by Crippen LogP contribution is -1.98. The van der Waals surface area contributed by atoms with Gasteiger partial charge in [0.1, 0.15) is 23.1 Å². The molecule has 1 heterocycles. The van der Waals surface area contributed by atoms with Gasteiger partial charge in [0.25, 0.3) is 0 Å². The number of H-pyrrole nitrogens is 1. The van der Waals surface area contributed by atoms with Crippen LogP contribution in [0.5, 0.6) is 5.75 Å². The van der Waals surface area contributed by atoms with Crippen molar-refractivity contribution in [1.29, 1.82) is 0 Å². The highest BCUT2D eigenvalue weighted by atomic mass is 32.2. The molecule has 0 atom stereocenters. The van der Waals surface area contributed by atoms with Crippen LogP contribution in [0.3, 0.4) is 0 Å². The minimum atomic E-state index is -1.04. The number of carboxylic acids is 1. The van der Waals surface area contributed by atoms with Crippen LogP contribution in [-0.2, 0) is 11.4 Å². The van der Waals surface area contributed by atoms with Crippen LogP contribution in [0.15, 0.2) is 76.8 Å². The number of thioether (sulfide) groups is 1. The van der Waals surface area contributed by atoms with Crippen LogP contribution in [0.25, 0.3) is 16.8 Å². The van der Waals surface area contributed by atoms with E-state index in [0.29, 0.717) is 23.3 Å². The number of carbonyl (C=O) groups is 1. The summed E-state index contributed by atoms with van der Waals surface area (Å²) in [6, 6.07) is 21.7. The van der Waals surface area contributed by atoms with Crippen molar-refractivity contribution in [3.8, 4) is 5.75 Å². The van der Waals surface area contributed by atoms with E-state index in [1.165, 1.54) is 5.39 Å². The van der Waals surface area contributed by atoms with Crippen LogP contribution in [0.1, 0.15) is 17.0 Å². The second-order valence-electron chi connectivity index (χ2n) is 6.62. The van der Waals surface area contributed by atoms with Crippen LogP contribution < -0.4 is 4.74 Å². The quantitative estimate of drug-likeness (QED) is 0.323. The number of carboxylic acid groups (broad SMARTS) is 1. The number of fused-ring (bicyclic) bond motifs is 1. The zero-order chi connectivity index (χ0) is 20.9. The number of rotatable bonds is 7. The average molecular weight is 417 g/mol. The van der Waals surface area contributed by atoms with E-state index in [1.807, 2.05) is 48.5 Å². The summed E-state index contributed by atoms with van der Waals surface area (Å²) in [7, 11) is 0. The van der Waals surface area contributed by atoms with Gasteiger partial charge in [-0.1, -0.05) is 54.6 Å². The summed E-state index contributed by atoms with van der Waals surface area (Å²) >= 11 is 0.997. The molecule has 2 N–H and O–H groups in total. The number of benzene rings is 3. The first kappa shape index (κ1) is 19.7. The largest absolute Gasteiger partial charge is 0.489 e. The standard InChI is InChI=1S/C23H19N3O3S/c1-15-24-23(26-25-15)30-21(22(27)28)13-16-6-4-10-19(12-16)29-14-18-9-5-8-17-7-2-3-11-20(17)18/h2-13H,14H2,1H3,(H,27,28)(H,24,25,26)/b21-13-. The fraction of sp³-hybridized carbons (Fsp3) is 0.0870. The minimum absolute atomic E-state index is 0.125. The second-order valence-corrected chi connectivity index (χ2v) is 7.63. The Hall–Kier alpha value is -3.58. The van der Waals surface area contributed by atoms with Gasteiger partial charge in [-0.05, 0) is 58.8 Å². The van der Waals surface area contributed by atoms with Crippen molar-refractivity contribution in [1.82, 2.24) is 15.2 Å². The van der Waals surface area contributed by atoms with E-state index in [-0.39, 0.29) is 4.91 Å². The summed E-state index contributed by atoms with van der Waals surface area (Å²) in [5, 5.41) is 18.9. The molecule has 1 aromatic heterocycles. The number of nitrogens with zero attached hydrogens (tertiary/aromatic N) is 2. The number of nitrogens with one attached hydrogen (secondary N) is 1. The van der Waals surface area contributed by atoms with E-state index >= 15 is 0 Å². The monoisotopic (exact) mass is 417 g/mol.